The third-order valence-corrected chi connectivity index (χ3v) is 19.3. The number of amides is 2. The van der Waals surface area contributed by atoms with E-state index in [0.29, 0.717) is 59.9 Å². The number of anilines is 1. The zero-order valence-electron chi connectivity index (χ0n) is 45.3. The van der Waals surface area contributed by atoms with E-state index < -0.39 is 40.8 Å². The minimum atomic E-state index is -1.08. The Morgan fingerprint density at radius 2 is 1.58 bits per heavy atom. The zero-order valence-corrected chi connectivity index (χ0v) is 45.3. The van der Waals surface area contributed by atoms with Gasteiger partial charge >= 0.3 is 0 Å². The smallest absolute Gasteiger partial charge is 0.254 e. The molecule has 0 radical (unpaired) electrons. The maximum atomic E-state index is 13.7. The lowest BCUT2D eigenvalue weighted by Crippen LogP contribution is -2.64. The van der Waals surface area contributed by atoms with Crippen molar-refractivity contribution in [2.24, 2.45) is 17.8 Å². The van der Waals surface area contributed by atoms with E-state index in [2.05, 4.69) is 47.2 Å². The summed E-state index contributed by atoms with van der Waals surface area (Å²) in [5.74, 6) is 0.162. The van der Waals surface area contributed by atoms with Gasteiger partial charge in [-0.2, -0.15) is 0 Å². The first-order valence-electron chi connectivity index (χ1n) is 28.8. The molecule has 2 amide bonds. The fourth-order valence-electron chi connectivity index (χ4n) is 15.9. The van der Waals surface area contributed by atoms with Gasteiger partial charge in [-0.05, 0) is 111 Å². The number of phenolic OH excluding ortho intramolecular Hbond substituents is 1. The highest BCUT2D eigenvalue weighted by Crippen LogP contribution is 2.62. The van der Waals surface area contributed by atoms with Gasteiger partial charge in [0.05, 0.1) is 44.1 Å². The lowest BCUT2D eigenvalue weighted by atomic mass is 9.47. The van der Waals surface area contributed by atoms with Crippen molar-refractivity contribution in [2.45, 2.75) is 138 Å². The highest BCUT2D eigenvalue weighted by atomic mass is 16.5. The summed E-state index contributed by atoms with van der Waals surface area (Å²) in [6.45, 7) is 3.83. The second kappa shape index (κ2) is 21.2. The minimum absolute atomic E-state index is 0.0314. The first kappa shape index (κ1) is 52.6. The Morgan fingerprint density at radius 1 is 0.833 bits per heavy atom. The molecule has 0 unspecified atom stereocenters. The molecule has 0 aromatic heterocycles. The molecule has 8 aliphatic rings. The van der Waals surface area contributed by atoms with E-state index in [1.807, 2.05) is 31.3 Å². The number of hydrogen-bond donors (Lipinski definition) is 7. The van der Waals surface area contributed by atoms with Crippen LogP contribution in [0.5, 0.6) is 34.5 Å². The molecule has 15 nitrogen and oxygen atoms in total. The second-order valence-electron chi connectivity index (χ2n) is 23.2. The van der Waals surface area contributed by atoms with Crippen LogP contribution in [0.1, 0.15) is 148 Å². The molecular formula is C63H76N4O11. The van der Waals surface area contributed by atoms with Crippen LogP contribution in [0.15, 0.2) is 66.8 Å². The number of aliphatic hydroxyl groups is 3. The van der Waals surface area contributed by atoms with Gasteiger partial charge < -0.3 is 54.7 Å². The van der Waals surface area contributed by atoms with Crippen LogP contribution in [0.3, 0.4) is 0 Å². The van der Waals surface area contributed by atoms with Crippen molar-refractivity contribution in [1.29, 1.82) is 0 Å². The first-order chi connectivity index (χ1) is 38.0. The van der Waals surface area contributed by atoms with Crippen LogP contribution in [-0.2, 0) is 27.8 Å². The van der Waals surface area contributed by atoms with Gasteiger partial charge in [0.1, 0.15) is 23.9 Å². The Hall–Kier alpha value is -6.10. The predicted octanol–water partition coefficient (Wildman–Crippen LogP) is 9.04. The van der Waals surface area contributed by atoms with Crippen molar-refractivity contribution in [3.63, 3.8) is 0 Å². The number of phenols is 1. The summed E-state index contributed by atoms with van der Waals surface area (Å²) in [7, 11) is 3.38. The normalized spacial score (nSPS) is 26.4. The standard InChI is InChI=1S/C63H76N4O11/c1-4-65-62(25-11-6-12-26-62)78-49-33-47(75-29-28-64-2)40-18-19-41-54-46(66-60(73)57(49)56(40)54)32-48-55(41)58(71)42(36-77-48)38-30-50(74-3)59(72)51(31-38)76-35-39(34-68)63-27-13-16-44(45(63)20-17-37-14-7-8-15-43(37)63)61(23-9-5-10-24-61)67-52(69)21-22-53(67)70/h7-8,14-15,17,20-22,30-33,39,42,44-45,58,60,64-66,68,71-73H,4-6,9-13,16,18-19,23-29,34-36H2,1-3H3/t39-,42-,44-,45+,58-,60+,63-/m0/s1. The Labute approximate surface area is 457 Å². The molecule has 4 aromatic rings. The second-order valence-corrected chi connectivity index (χ2v) is 23.2. The molecule has 0 spiro atoms. The molecule has 12 rings (SSSR count). The largest absolute Gasteiger partial charge is 0.502 e. The van der Waals surface area contributed by atoms with Gasteiger partial charge in [-0.3, -0.25) is 19.8 Å². The summed E-state index contributed by atoms with van der Waals surface area (Å²) in [4.78, 5) is 28.9. The lowest BCUT2D eigenvalue weighted by Gasteiger charge is -2.60. The van der Waals surface area contributed by atoms with Crippen molar-refractivity contribution in [2.75, 3.05) is 59.0 Å². The molecule has 5 aliphatic carbocycles. The van der Waals surface area contributed by atoms with Crippen LogP contribution in [0, 0.1) is 17.8 Å². The quantitative estimate of drug-likeness (QED) is 0.0300. The van der Waals surface area contributed by atoms with E-state index in [0.717, 1.165) is 129 Å². The summed E-state index contributed by atoms with van der Waals surface area (Å²) in [5.41, 5.74) is 6.60. The van der Waals surface area contributed by atoms with Crippen molar-refractivity contribution in [1.82, 2.24) is 15.5 Å². The minimum Gasteiger partial charge on any atom is -0.502 e. The number of aliphatic hydroxyl groups excluding tert-OH is 3. The molecule has 15 heteroatoms. The number of benzene rings is 4. The first-order valence-corrected chi connectivity index (χ1v) is 28.8. The van der Waals surface area contributed by atoms with E-state index in [-0.39, 0.29) is 60.7 Å². The van der Waals surface area contributed by atoms with Crippen molar-refractivity contribution < 1.29 is 53.7 Å². The topological polar surface area (TPSA) is 201 Å². The number of carbonyl (C=O) groups is 2. The fraction of sp³-hybridized carbons (Fsp3) is 0.524. The van der Waals surface area contributed by atoms with Gasteiger partial charge in [0.25, 0.3) is 11.8 Å². The number of aromatic hydroxyl groups is 1. The molecule has 3 saturated carbocycles. The Balaban J connectivity index is 0.888. The van der Waals surface area contributed by atoms with Gasteiger partial charge in [-0.25, -0.2) is 0 Å². The fourth-order valence-corrected chi connectivity index (χ4v) is 15.9. The molecule has 3 aliphatic heterocycles. The number of imide groups is 1. The highest BCUT2D eigenvalue weighted by molar-refractivity contribution is 6.13. The summed E-state index contributed by atoms with van der Waals surface area (Å²) in [6.07, 6.45) is 18.0. The number of methoxy groups -OCH3 is 1. The number of ether oxygens (including phenoxy) is 5. The van der Waals surface area contributed by atoms with E-state index in [1.54, 1.807) is 17.0 Å². The van der Waals surface area contributed by atoms with E-state index in [4.69, 9.17) is 23.7 Å². The van der Waals surface area contributed by atoms with E-state index in [9.17, 15) is 30.0 Å². The average Bonchev–Trinajstić information content (AvgIpc) is 3.90. The number of carbonyl (C=O) groups excluding carboxylic acids is 2. The molecule has 3 fully saturated rings. The molecule has 4 aromatic carbocycles. The molecular weight excluding hydrogens is 989 g/mol. The van der Waals surface area contributed by atoms with Crippen LogP contribution < -0.4 is 39.6 Å². The highest BCUT2D eigenvalue weighted by Gasteiger charge is 2.60. The number of allylic oxidation sites excluding steroid dienone is 1. The van der Waals surface area contributed by atoms with Gasteiger partial charge in [-0.15, -0.1) is 0 Å². The zero-order chi connectivity index (χ0) is 53.9. The Kier molecular flexibility index (Phi) is 14.3. The van der Waals surface area contributed by atoms with Gasteiger partial charge in [0.15, 0.2) is 23.5 Å². The number of nitrogens with zero attached hydrogens (tertiary/aromatic N) is 1. The predicted molar refractivity (Wildman–Crippen MR) is 296 cm³/mol. The SMILES string of the molecule is CCNC1(Oc2cc(OCCNC)c3c4c2[C@@H](O)Nc2cc5c(c(c2-4)CC3)[C@@H](O)[C@H](c2cc(OC)c(O)c(OC[C@H](CO)[C@]34CCC[C@H](C6(N7C(=O)C=CC7=O)CCCCC6)[C@H]3C=Cc3ccccc34)c2)CO5)CCCCC1. The van der Waals surface area contributed by atoms with E-state index in [1.165, 1.54) is 19.3 Å². The van der Waals surface area contributed by atoms with Crippen molar-refractivity contribution in [3.05, 3.63) is 106 Å². The van der Waals surface area contributed by atoms with Gasteiger partial charge in [-0.1, -0.05) is 75.4 Å². The maximum absolute atomic E-state index is 13.7. The number of likely N-dealkylation sites (N-methyl/N-ethyl adjacent to an activating group) is 1. The van der Waals surface area contributed by atoms with Crippen LogP contribution in [0.2, 0.25) is 0 Å². The Morgan fingerprint density at radius 3 is 2.32 bits per heavy atom. The molecule has 414 valence electrons. The molecule has 78 heavy (non-hydrogen) atoms. The molecule has 3 heterocycles. The summed E-state index contributed by atoms with van der Waals surface area (Å²) >= 11 is 0. The average molecular weight is 1070 g/mol. The summed E-state index contributed by atoms with van der Waals surface area (Å²) in [5, 5.41) is 58.8. The summed E-state index contributed by atoms with van der Waals surface area (Å²) < 4.78 is 32.9. The number of nitrogens with one attached hydrogen (secondary N) is 3. The number of rotatable bonds is 17. The maximum Gasteiger partial charge on any atom is 0.254 e. The third-order valence-electron chi connectivity index (χ3n) is 19.3. The molecule has 0 bridgehead atoms. The molecule has 7 N–H and O–H groups in total. The summed E-state index contributed by atoms with van der Waals surface area (Å²) in [6, 6.07) is 15.7. The number of hydrogen-bond acceptors (Lipinski definition) is 14. The Bertz CT molecular complexity index is 3010. The molecule has 0 saturated heterocycles. The van der Waals surface area contributed by atoms with Crippen LogP contribution in [0.4, 0.5) is 5.69 Å². The molecule has 7 atom stereocenters. The van der Waals surface area contributed by atoms with Gasteiger partial charge in [0, 0.05) is 88.9 Å². The third kappa shape index (κ3) is 8.56. The van der Waals surface area contributed by atoms with Crippen LogP contribution in [0.25, 0.3) is 17.2 Å². The number of fused-ring (bicyclic) bond motifs is 5. The van der Waals surface area contributed by atoms with Crippen LogP contribution >= 0.6 is 0 Å². The van der Waals surface area contributed by atoms with Gasteiger partial charge in [0.2, 0.25) is 5.75 Å². The van der Waals surface area contributed by atoms with Crippen molar-refractivity contribution >= 4 is 23.6 Å². The lowest BCUT2D eigenvalue weighted by molar-refractivity contribution is -0.153. The van der Waals surface area contributed by atoms with Crippen molar-refractivity contribution in [3.8, 4) is 45.6 Å². The van der Waals surface area contributed by atoms with E-state index >= 15 is 0 Å². The van der Waals surface area contributed by atoms with Crippen LogP contribution in [-0.4, -0.2) is 102 Å². The monoisotopic (exact) mass is 1060 g/mol.